The molecule has 0 fully saturated rings. The molecule has 1 N–H and O–H groups in total. The maximum atomic E-state index is 10.5. The van der Waals surface area contributed by atoms with Crippen molar-refractivity contribution in [3.05, 3.63) is 23.3 Å². The van der Waals surface area contributed by atoms with Crippen LogP contribution in [0.15, 0.2) is 23.3 Å². The van der Waals surface area contributed by atoms with Gasteiger partial charge in [0.1, 0.15) is 0 Å². The second kappa shape index (κ2) is 2.15. The lowest BCUT2D eigenvalue weighted by molar-refractivity contribution is -0.110. The van der Waals surface area contributed by atoms with Crippen LogP contribution in [0.5, 0.6) is 0 Å². The van der Waals surface area contributed by atoms with E-state index in [-0.39, 0.29) is 16.5 Å². The molecule has 3 heteroatoms. The third kappa shape index (κ3) is 1.27. The smallest absolute Gasteiger partial charge is 0.180 e. The lowest BCUT2D eigenvalue weighted by Gasteiger charge is -1.97. The average Bonchev–Trinajstić information content (AvgIpc) is 1.80. The van der Waals surface area contributed by atoms with Crippen LogP contribution in [-0.4, -0.2) is 11.5 Å². The van der Waals surface area contributed by atoms with Crippen molar-refractivity contribution in [1.82, 2.24) is 0 Å². The molecule has 0 aliphatic heterocycles. The quantitative estimate of drug-likeness (QED) is 0.507. The molecule has 9 heavy (non-hydrogen) atoms. The fraction of sp³-hybridized carbons (Fsp3) is 0. The van der Waals surface area contributed by atoms with Crippen LogP contribution in [0, 0.1) is 5.41 Å². The first kappa shape index (κ1) is 6.23. The van der Waals surface area contributed by atoms with E-state index in [1.807, 2.05) is 0 Å². The van der Waals surface area contributed by atoms with Crippen molar-refractivity contribution in [2.45, 2.75) is 0 Å². The number of hydrogen-bond acceptors (Lipinski definition) is 2. The Bertz CT molecular complexity index is 227. The van der Waals surface area contributed by atoms with Gasteiger partial charge in [0.15, 0.2) is 5.78 Å². The van der Waals surface area contributed by atoms with E-state index >= 15 is 0 Å². The monoisotopic (exact) mass is 141 g/mol. The van der Waals surface area contributed by atoms with Crippen LogP contribution < -0.4 is 0 Å². The van der Waals surface area contributed by atoms with Crippen LogP contribution in [-0.2, 0) is 4.79 Å². The van der Waals surface area contributed by atoms with Gasteiger partial charge in [-0.2, -0.15) is 0 Å². The summed E-state index contributed by atoms with van der Waals surface area (Å²) >= 11 is 5.43. The molecule has 0 bridgehead atoms. The molecule has 0 atom stereocenters. The Hall–Kier alpha value is -0.890. The lowest BCUT2D eigenvalue weighted by Crippen LogP contribution is -2.01. The SMILES string of the molecule is N=C1C=CC(=O)C=C1Cl. The highest BCUT2D eigenvalue weighted by Gasteiger charge is 2.05. The highest BCUT2D eigenvalue weighted by molar-refractivity contribution is 6.47. The Morgan fingerprint density at radius 3 is 2.56 bits per heavy atom. The van der Waals surface area contributed by atoms with Gasteiger partial charge in [-0.3, -0.25) is 10.2 Å². The Balaban J connectivity index is 2.95. The van der Waals surface area contributed by atoms with Crippen molar-refractivity contribution in [3.63, 3.8) is 0 Å². The van der Waals surface area contributed by atoms with Gasteiger partial charge < -0.3 is 0 Å². The summed E-state index contributed by atoms with van der Waals surface area (Å²) in [5.74, 6) is -0.156. The normalized spacial score (nSPS) is 18.1. The fourth-order valence-electron chi connectivity index (χ4n) is 0.496. The highest BCUT2D eigenvalue weighted by atomic mass is 35.5. The maximum Gasteiger partial charge on any atom is 0.180 e. The van der Waals surface area contributed by atoms with Crippen molar-refractivity contribution in [1.29, 1.82) is 5.41 Å². The van der Waals surface area contributed by atoms with E-state index < -0.39 is 0 Å². The summed E-state index contributed by atoms with van der Waals surface area (Å²) in [5.41, 5.74) is 0.191. The second-order valence-electron chi connectivity index (χ2n) is 1.64. The molecule has 1 aliphatic rings. The number of halogens is 1. The van der Waals surface area contributed by atoms with Crippen molar-refractivity contribution < 1.29 is 4.79 Å². The molecule has 0 saturated carbocycles. The van der Waals surface area contributed by atoms with E-state index in [0.29, 0.717) is 0 Å². The van der Waals surface area contributed by atoms with Gasteiger partial charge in [-0.15, -0.1) is 0 Å². The van der Waals surface area contributed by atoms with Gasteiger partial charge in [0.2, 0.25) is 0 Å². The second-order valence-corrected chi connectivity index (χ2v) is 2.05. The number of nitrogens with one attached hydrogen (secondary N) is 1. The van der Waals surface area contributed by atoms with Crippen LogP contribution in [0.3, 0.4) is 0 Å². The zero-order valence-electron chi connectivity index (χ0n) is 4.52. The first-order valence-electron chi connectivity index (χ1n) is 2.38. The van der Waals surface area contributed by atoms with E-state index in [2.05, 4.69) is 0 Å². The van der Waals surface area contributed by atoms with E-state index in [9.17, 15) is 4.79 Å². The van der Waals surface area contributed by atoms with Gasteiger partial charge in [0.05, 0.1) is 10.7 Å². The van der Waals surface area contributed by atoms with Gasteiger partial charge >= 0.3 is 0 Å². The summed E-state index contributed by atoms with van der Waals surface area (Å²) < 4.78 is 0. The molecule has 0 spiro atoms. The van der Waals surface area contributed by atoms with Crippen LogP contribution >= 0.6 is 11.6 Å². The lowest BCUT2D eigenvalue weighted by atomic mass is 10.2. The first-order chi connectivity index (χ1) is 4.20. The zero-order valence-corrected chi connectivity index (χ0v) is 5.27. The minimum Gasteiger partial charge on any atom is -0.299 e. The topological polar surface area (TPSA) is 40.9 Å². The van der Waals surface area contributed by atoms with Gasteiger partial charge in [0, 0.05) is 6.08 Å². The molecule has 0 radical (unpaired) electrons. The molecule has 0 saturated heterocycles. The molecule has 0 amide bonds. The Kier molecular flexibility index (Phi) is 1.49. The third-order valence-corrected chi connectivity index (χ3v) is 1.25. The summed E-state index contributed by atoms with van der Waals surface area (Å²) in [6.07, 6.45) is 3.92. The minimum atomic E-state index is -0.156. The molecule has 0 unspecified atom stereocenters. The van der Waals surface area contributed by atoms with Gasteiger partial charge in [-0.25, -0.2) is 0 Å². The van der Waals surface area contributed by atoms with Crippen molar-refractivity contribution in [3.8, 4) is 0 Å². The standard InChI is InChI=1S/C6H4ClNO/c7-5-3-4(9)1-2-6(5)8/h1-3,8H. The molecule has 0 aromatic rings. The predicted molar refractivity (Wildman–Crippen MR) is 35.8 cm³/mol. The van der Waals surface area contributed by atoms with Crippen molar-refractivity contribution >= 4 is 23.1 Å². The van der Waals surface area contributed by atoms with Crippen molar-refractivity contribution in [2.24, 2.45) is 0 Å². The predicted octanol–water partition coefficient (Wildman–Crippen LogP) is 1.27. The molecular formula is C6H4ClNO. The third-order valence-electron chi connectivity index (χ3n) is 0.941. The largest absolute Gasteiger partial charge is 0.299 e. The van der Waals surface area contributed by atoms with Gasteiger partial charge in [0.25, 0.3) is 0 Å². The summed E-state index contributed by atoms with van der Waals surface area (Å²) in [5, 5.41) is 7.26. The number of carbonyl (C=O) groups excluding carboxylic acids is 1. The van der Waals surface area contributed by atoms with Crippen LogP contribution in [0.4, 0.5) is 0 Å². The maximum absolute atomic E-state index is 10.5. The Labute approximate surface area is 57.3 Å². The Morgan fingerprint density at radius 2 is 2.11 bits per heavy atom. The summed E-state index contributed by atoms with van der Waals surface area (Å²) in [6, 6.07) is 0. The molecular weight excluding hydrogens is 138 g/mol. The molecule has 0 heterocycles. The van der Waals surface area contributed by atoms with E-state index in [1.165, 1.54) is 18.2 Å². The number of hydrogen-bond donors (Lipinski definition) is 1. The molecule has 0 aromatic heterocycles. The average molecular weight is 142 g/mol. The molecule has 46 valence electrons. The zero-order chi connectivity index (χ0) is 6.85. The molecule has 2 nitrogen and oxygen atoms in total. The number of carbonyl (C=O) groups is 1. The Morgan fingerprint density at radius 1 is 1.44 bits per heavy atom. The number of ketones is 1. The van der Waals surface area contributed by atoms with E-state index in [4.69, 9.17) is 17.0 Å². The fourth-order valence-corrected chi connectivity index (χ4v) is 0.666. The summed E-state index contributed by atoms with van der Waals surface area (Å²) in [6.45, 7) is 0. The molecule has 1 rings (SSSR count). The van der Waals surface area contributed by atoms with Gasteiger partial charge in [-0.1, -0.05) is 11.6 Å². The first-order valence-corrected chi connectivity index (χ1v) is 2.76. The summed E-state index contributed by atoms with van der Waals surface area (Å²) in [4.78, 5) is 10.5. The van der Waals surface area contributed by atoms with Crippen LogP contribution in [0.2, 0.25) is 0 Å². The number of allylic oxidation sites excluding steroid dienone is 4. The molecule has 0 aromatic carbocycles. The number of rotatable bonds is 0. The minimum absolute atomic E-state index is 0.156. The van der Waals surface area contributed by atoms with E-state index in [1.54, 1.807) is 0 Å². The van der Waals surface area contributed by atoms with Gasteiger partial charge in [-0.05, 0) is 12.2 Å². The van der Waals surface area contributed by atoms with Crippen LogP contribution in [0.1, 0.15) is 0 Å². The van der Waals surface area contributed by atoms with E-state index in [0.717, 1.165) is 0 Å². The van der Waals surface area contributed by atoms with Crippen LogP contribution in [0.25, 0.3) is 0 Å². The van der Waals surface area contributed by atoms with Crippen molar-refractivity contribution in [2.75, 3.05) is 0 Å². The summed E-state index contributed by atoms with van der Waals surface area (Å²) in [7, 11) is 0. The highest BCUT2D eigenvalue weighted by Crippen LogP contribution is 2.08. The molecule has 1 aliphatic carbocycles.